The Bertz CT molecular complexity index is 654. The van der Waals surface area contributed by atoms with Gasteiger partial charge in [0.2, 0.25) is 5.91 Å². The summed E-state index contributed by atoms with van der Waals surface area (Å²) >= 11 is 0. The fourth-order valence-corrected chi connectivity index (χ4v) is 2.59. The summed E-state index contributed by atoms with van der Waals surface area (Å²) in [7, 11) is 1.79. The van der Waals surface area contributed by atoms with Crippen LogP contribution in [0.3, 0.4) is 0 Å². The van der Waals surface area contributed by atoms with Crippen LogP contribution in [0.2, 0.25) is 0 Å². The molecule has 1 amide bonds. The van der Waals surface area contributed by atoms with Crippen molar-refractivity contribution in [3.8, 4) is 0 Å². The van der Waals surface area contributed by atoms with Crippen molar-refractivity contribution in [2.75, 3.05) is 38.7 Å². The lowest BCUT2D eigenvalue weighted by atomic mass is 10.1. The van der Waals surface area contributed by atoms with Crippen LogP contribution in [0.1, 0.15) is 18.0 Å². The van der Waals surface area contributed by atoms with Gasteiger partial charge in [0, 0.05) is 51.1 Å². The Morgan fingerprint density at radius 1 is 1.50 bits per heavy atom. The third kappa shape index (κ3) is 4.29. The van der Waals surface area contributed by atoms with E-state index in [0.29, 0.717) is 25.6 Å². The number of hydrogen-bond donors (Lipinski definition) is 1. The van der Waals surface area contributed by atoms with E-state index >= 15 is 0 Å². The van der Waals surface area contributed by atoms with Crippen LogP contribution in [0.4, 0.5) is 5.82 Å². The molecule has 0 spiro atoms. The standard InChI is InChI=1S/C16H22N6O2/c1-21(16(23)9-22-6-3-17-12-22)5-4-18-15-8-14(19-11-20-15)13-2-7-24-10-13/h3,6,8,11-13H,2,4-5,7,9-10H2,1H3,(H,18,19,20). The number of carbonyl (C=O) groups is 1. The molecule has 2 aromatic rings. The zero-order valence-corrected chi connectivity index (χ0v) is 13.8. The van der Waals surface area contributed by atoms with Gasteiger partial charge in [-0.15, -0.1) is 0 Å². The highest BCUT2D eigenvalue weighted by Gasteiger charge is 2.19. The maximum Gasteiger partial charge on any atom is 0.242 e. The molecule has 1 fully saturated rings. The molecule has 8 nitrogen and oxygen atoms in total. The van der Waals surface area contributed by atoms with E-state index in [9.17, 15) is 4.79 Å². The Morgan fingerprint density at radius 3 is 3.17 bits per heavy atom. The summed E-state index contributed by atoms with van der Waals surface area (Å²) in [6.45, 7) is 3.04. The Balaban J connectivity index is 1.45. The molecule has 128 valence electrons. The van der Waals surface area contributed by atoms with Crippen LogP contribution in [0.15, 0.2) is 31.1 Å². The average molecular weight is 330 g/mol. The number of amides is 1. The number of rotatable bonds is 7. The molecule has 1 aliphatic rings. The SMILES string of the molecule is CN(CCNc1cc(C2CCOC2)ncn1)C(=O)Cn1ccnc1. The van der Waals surface area contributed by atoms with Gasteiger partial charge < -0.3 is 19.5 Å². The van der Waals surface area contributed by atoms with Gasteiger partial charge in [0.05, 0.1) is 18.6 Å². The first-order chi connectivity index (χ1) is 11.7. The molecule has 3 rings (SSSR count). The Morgan fingerprint density at radius 2 is 2.42 bits per heavy atom. The minimum atomic E-state index is 0.0429. The van der Waals surface area contributed by atoms with E-state index in [1.54, 1.807) is 41.6 Å². The predicted molar refractivity (Wildman–Crippen MR) is 88.6 cm³/mol. The summed E-state index contributed by atoms with van der Waals surface area (Å²) < 4.78 is 7.16. The minimum Gasteiger partial charge on any atom is -0.381 e. The van der Waals surface area contributed by atoms with Crippen molar-refractivity contribution in [3.05, 3.63) is 36.8 Å². The lowest BCUT2D eigenvalue weighted by Gasteiger charge is -2.18. The third-order valence-corrected chi connectivity index (χ3v) is 4.09. The van der Waals surface area contributed by atoms with Crippen LogP contribution in [-0.2, 0) is 16.1 Å². The van der Waals surface area contributed by atoms with Gasteiger partial charge in [-0.3, -0.25) is 4.79 Å². The average Bonchev–Trinajstić information content (AvgIpc) is 3.28. The molecule has 1 N–H and O–H groups in total. The van der Waals surface area contributed by atoms with Gasteiger partial charge in [0.25, 0.3) is 0 Å². The molecule has 1 saturated heterocycles. The minimum absolute atomic E-state index is 0.0429. The molecule has 24 heavy (non-hydrogen) atoms. The largest absolute Gasteiger partial charge is 0.381 e. The summed E-state index contributed by atoms with van der Waals surface area (Å²) in [5.41, 5.74) is 1.01. The molecule has 1 unspecified atom stereocenters. The zero-order chi connectivity index (χ0) is 16.8. The second kappa shape index (κ2) is 7.87. The fraction of sp³-hybridized carbons (Fsp3) is 0.500. The Hall–Kier alpha value is -2.48. The monoisotopic (exact) mass is 330 g/mol. The molecule has 0 radical (unpaired) electrons. The molecule has 0 aliphatic carbocycles. The quantitative estimate of drug-likeness (QED) is 0.806. The van der Waals surface area contributed by atoms with Gasteiger partial charge >= 0.3 is 0 Å². The fourth-order valence-electron chi connectivity index (χ4n) is 2.59. The summed E-state index contributed by atoms with van der Waals surface area (Å²) in [6, 6.07) is 1.96. The molecule has 2 aromatic heterocycles. The number of ether oxygens (including phenoxy) is 1. The molecule has 1 aliphatic heterocycles. The summed E-state index contributed by atoms with van der Waals surface area (Å²) in [5, 5.41) is 3.25. The molecular weight excluding hydrogens is 308 g/mol. The van der Waals surface area contributed by atoms with Crippen LogP contribution in [0.25, 0.3) is 0 Å². The Kier molecular flexibility index (Phi) is 5.37. The van der Waals surface area contributed by atoms with Gasteiger partial charge in [-0.2, -0.15) is 0 Å². The highest BCUT2D eigenvalue weighted by atomic mass is 16.5. The number of hydrogen-bond acceptors (Lipinski definition) is 6. The van der Waals surface area contributed by atoms with Crippen LogP contribution in [0.5, 0.6) is 0 Å². The molecule has 3 heterocycles. The lowest BCUT2D eigenvalue weighted by molar-refractivity contribution is -0.130. The Labute approximate surface area is 140 Å². The van der Waals surface area contributed by atoms with E-state index in [4.69, 9.17) is 4.74 Å². The number of carbonyl (C=O) groups excluding carboxylic acids is 1. The maximum absolute atomic E-state index is 12.1. The highest BCUT2D eigenvalue weighted by molar-refractivity contribution is 5.75. The first-order valence-corrected chi connectivity index (χ1v) is 8.05. The third-order valence-electron chi connectivity index (χ3n) is 4.09. The smallest absolute Gasteiger partial charge is 0.242 e. The van der Waals surface area contributed by atoms with Gasteiger partial charge in [-0.05, 0) is 6.42 Å². The van der Waals surface area contributed by atoms with Gasteiger partial charge in [-0.25, -0.2) is 15.0 Å². The summed E-state index contributed by atoms with van der Waals surface area (Å²) in [5.74, 6) is 1.18. The van der Waals surface area contributed by atoms with Gasteiger partial charge in [0.1, 0.15) is 18.7 Å². The number of nitrogens with zero attached hydrogens (tertiary/aromatic N) is 5. The first kappa shape index (κ1) is 16.4. The van der Waals surface area contributed by atoms with Crippen molar-refractivity contribution in [1.82, 2.24) is 24.4 Å². The van der Waals surface area contributed by atoms with Gasteiger partial charge in [-0.1, -0.05) is 0 Å². The van der Waals surface area contributed by atoms with Crippen molar-refractivity contribution in [1.29, 1.82) is 0 Å². The van der Waals surface area contributed by atoms with E-state index < -0.39 is 0 Å². The second-order valence-electron chi connectivity index (χ2n) is 5.87. The van der Waals surface area contributed by atoms with Crippen LogP contribution < -0.4 is 5.32 Å². The summed E-state index contributed by atoms with van der Waals surface area (Å²) in [4.78, 5) is 26.3. The van der Waals surface area contributed by atoms with Crippen LogP contribution in [-0.4, -0.2) is 63.7 Å². The number of nitrogens with one attached hydrogen (secondary N) is 1. The van der Waals surface area contributed by atoms with Crippen molar-refractivity contribution in [3.63, 3.8) is 0 Å². The number of likely N-dealkylation sites (N-methyl/N-ethyl adjacent to an activating group) is 1. The van der Waals surface area contributed by atoms with Crippen molar-refractivity contribution in [2.45, 2.75) is 18.9 Å². The van der Waals surface area contributed by atoms with E-state index in [0.717, 1.165) is 31.1 Å². The molecule has 0 bridgehead atoms. The van der Waals surface area contributed by atoms with Crippen LogP contribution in [0, 0.1) is 0 Å². The molecule has 0 saturated carbocycles. The van der Waals surface area contributed by atoms with E-state index in [-0.39, 0.29) is 5.91 Å². The lowest BCUT2D eigenvalue weighted by Crippen LogP contribution is -2.33. The number of aromatic nitrogens is 4. The second-order valence-corrected chi connectivity index (χ2v) is 5.87. The molecule has 1 atom stereocenters. The summed E-state index contributed by atoms with van der Waals surface area (Å²) in [6.07, 6.45) is 7.65. The normalized spacial score (nSPS) is 17.0. The van der Waals surface area contributed by atoms with Crippen LogP contribution >= 0.6 is 0 Å². The van der Waals surface area contributed by atoms with E-state index in [1.807, 2.05) is 6.07 Å². The highest BCUT2D eigenvalue weighted by Crippen LogP contribution is 2.24. The molecular formula is C16H22N6O2. The van der Waals surface area contributed by atoms with Gasteiger partial charge in [0.15, 0.2) is 0 Å². The predicted octanol–water partition coefficient (Wildman–Crippen LogP) is 0.747. The molecule has 8 heteroatoms. The topological polar surface area (TPSA) is 85.2 Å². The first-order valence-electron chi connectivity index (χ1n) is 8.05. The van der Waals surface area contributed by atoms with E-state index in [2.05, 4.69) is 20.3 Å². The zero-order valence-electron chi connectivity index (χ0n) is 13.8. The molecule has 0 aromatic carbocycles. The van der Waals surface area contributed by atoms with Crippen molar-refractivity contribution < 1.29 is 9.53 Å². The number of anilines is 1. The maximum atomic E-state index is 12.1. The van der Waals surface area contributed by atoms with Crippen molar-refractivity contribution >= 4 is 11.7 Å². The van der Waals surface area contributed by atoms with Crippen molar-refractivity contribution in [2.24, 2.45) is 0 Å². The van der Waals surface area contributed by atoms with E-state index in [1.165, 1.54) is 0 Å². The number of imidazole rings is 1.